The van der Waals surface area contributed by atoms with Gasteiger partial charge in [0, 0.05) is 24.2 Å². The van der Waals surface area contributed by atoms with Crippen molar-refractivity contribution >= 4 is 23.2 Å². The van der Waals surface area contributed by atoms with E-state index in [-0.39, 0.29) is 5.91 Å². The molecule has 0 aliphatic heterocycles. The van der Waals surface area contributed by atoms with Crippen molar-refractivity contribution in [3.05, 3.63) is 88.9 Å². The van der Waals surface area contributed by atoms with Crippen molar-refractivity contribution in [3.8, 4) is 11.5 Å². The zero-order valence-electron chi connectivity index (χ0n) is 15.7. The summed E-state index contributed by atoms with van der Waals surface area (Å²) in [7, 11) is 0. The van der Waals surface area contributed by atoms with Gasteiger partial charge in [0.25, 0.3) is 0 Å². The molecule has 0 bridgehead atoms. The maximum Gasteiger partial charge on any atom is 0.221 e. The summed E-state index contributed by atoms with van der Waals surface area (Å²) < 4.78 is 5.85. The second-order valence-corrected chi connectivity index (χ2v) is 6.94. The summed E-state index contributed by atoms with van der Waals surface area (Å²) in [6.07, 6.45) is 0.937. The first kappa shape index (κ1) is 19.9. The van der Waals surface area contributed by atoms with Gasteiger partial charge in [-0.1, -0.05) is 35.9 Å². The second kappa shape index (κ2) is 9.93. The molecular formula is C23H23ClN2O2. The van der Waals surface area contributed by atoms with Crippen molar-refractivity contribution in [3.63, 3.8) is 0 Å². The summed E-state index contributed by atoms with van der Waals surface area (Å²) in [5.74, 6) is 1.42. The highest BCUT2D eigenvalue weighted by Gasteiger charge is 2.01. The quantitative estimate of drug-likeness (QED) is 0.501. The van der Waals surface area contributed by atoms with Crippen LogP contribution < -0.4 is 15.4 Å². The largest absolute Gasteiger partial charge is 0.457 e. The number of benzene rings is 3. The van der Waals surface area contributed by atoms with Crippen molar-refractivity contribution in [1.82, 2.24) is 5.32 Å². The van der Waals surface area contributed by atoms with E-state index in [0.29, 0.717) is 0 Å². The van der Waals surface area contributed by atoms with Gasteiger partial charge < -0.3 is 15.4 Å². The molecule has 5 heteroatoms. The lowest BCUT2D eigenvalue weighted by molar-refractivity contribution is -0.114. The molecule has 0 aliphatic carbocycles. The third kappa shape index (κ3) is 6.41. The number of rotatable bonds is 8. The third-order valence-electron chi connectivity index (χ3n) is 4.14. The third-order valence-corrected chi connectivity index (χ3v) is 4.38. The Morgan fingerprint density at radius 2 is 1.61 bits per heavy atom. The Morgan fingerprint density at radius 3 is 2.25 bits per heavy atom. The average molecular weight is 395 g/mol. The van der Waals surface area contributed by atoms with Crippen LogP contribution in [0.4, 0.5) is 5.69 Å². The average Bonchev–Trinajstić information content (AvgIpc) is 2.68. The van der Waals surface area contributed by atoms with Crippen LogP contribution in [0.15, 0.2) is 72.8 Å². The summed E-state index contributed by atoms with van der Waals surface area (Å²) in [6.45, 7) is 3.17. The van der Waals surface area contributed by atoms with Crippen LogP contribution >= 0.6 is 11.6 Å². The van der Waals surface area contributed by atoms with Gasteiger partial charge in [-0.25, -0.2) is 0 Å². The Bertz CT molecular complexity index is 909. The summed E-state index contributed by atoms with van der Waals surface area (Å²) in [6, 6.07) is 23.3. The van der Waals surface area contributed by atoms with E-state index in [2.05, 4.69) is 28.8 Å². The molecule has 0 aromatic heterocycles. The first-order chi connectivity index (χ1) is 13.6. The van der Waals surface area contributed by atoms with Gasteiger partial charge in [-0.3, -0.25) is 4.79 Å². The molecule has 0 radical (unpaired) electrons. The van der Waals surface area contributed by atoms with Crippen LogP contribution in [0.5, 0.6) is 11.5 Å². The summed E-state index contributed by atoms with van der Waals surface area (Å²) in [4.78, 5) is 11.0. The zero-order chi connectivity index (χ0) is 19.8. The van der Waals surface area contributed by atoms with Gasteiger partial charge in [-0.2, -0.15) is 0 Å². The molecule has 0 fully saturated rings. The molecule has 1 amide bonds. The Labute approximate surface area is 170 Å². The van der Waals surface area contributed by atoms with Crippen LogP contribution in [-0.4, -0.2) is 12.5 Å². The van der Waals surface area contributed by atoms with Crippen LogP contribution in [0.25, 0.3) is 0 Å². The lowest BCUT2D eigenvalue weighted by Crippen LogP contribution is -2.16. The van der Waals surface area contributed by atoms with Crippen LogP contribution in [-0.2, 0) is 17.8 Å². The summed E-state index contributed by atoms with van der Waals surface area (Å²) in [5, 5.41) is 6.93. The predicted octanol–water partition coefficient (Wildman–Crippen LogP) is 5.42. The molecular weight excluding hydrogens is 372 g/mol. The van der Waals surface area contributed by atoms with E-state index in [4.69, 9.17) is 16.3 Å². The van der Waals surface area contributed by atoms with Gasteiger partial charge in [-0.15, -0.1) is 0 Å². The molecule has 0 unspecified atom stereocenters. The molecule has 0 atom stereocenters. The van der Waals surface area contributed by atoms with Gasteiger partial charge in [0.15, 0.2) is 0 Å². The number of anilines is 1. The van der Waals surface area contributed by atoms with Crippen LogP contribution in [0.3, 0.4) is 0 Å². The molecule has 3 aromatic carbocycles. The number of amides is 1. The van der Waals surface area contributed by atoms with E-state index in [9.17, 15) is 4.79 Å². The van der Waals surface area contributed by atoms with E-state index in [1.54, 1.807) is 0 Å². The SMILES string of the molecule is CC(=O)Nc1ccc(Oc2ccc(CCNCc3cccc(Cl)c3)cc2)cc1. The van der Waals surface area contributed by atoms with Gasteiger partial charge in [0.05, 0.1) is 0 Å². The lowest BCUT2D eigenvalue weighted by atomic mass is 10.1. The van der Waals surface area contributed by atoms with Crippen molar-refractivity contribution in [2.75, 3.05) is 11.9 Å². The highest BCUT2D eigenvalue weighted by atomic mass is 35.5. The predicted molar refractivity (Wildman–Crippen MR) is 114 cm³/mol. The number of halogens is 1. The number of hydrogen-bond donors (Lipinski definition) is 2. The number of carbonyl (C=O) groups is 1. The van der Waals surface area contributed by atoms with Crippen molar-refractivity contribution in [2.24, 2.45) is 0 Å². The molecule has 0 spiro atoms. The summed E-state index contributed by atoms with van der Waals surface area (Å²) in [5.41, 5.74) is 3.17. The van der Waals surface area contributed by atoms with E-state index >= 15 is 0 Å². The first-order valence-corrected chi connectivity index (χ1v) is 9.56. The lowest BCUT2D eigenvalue weighted by Gasteiger charge is -2.09. The minimum Gasteiger partial charge on any atom is -0.457 e. The molecule has 0 saturated carbocycles. The van der Waals surface area contributed by atoms with Crippen LogP contribution in [0.1, 0.15) is 18.1 Å². The van der Waals surface area contributed by atoms with Gasteiger partial charge in [-0.05, 0) is 72.6 Å². The fourth-order valence-corrected chi connectivity index (χ4v) is 3.00. The maximum atomic E-state index is 11.0. The van der Waals surface area contributed by atoms with Crippen LogP contribution in [0.2, 0.25) is 5.02 Å². The molecule has 0 saturated heterocycles. The van der Waals surface area contributed by atoms with E-state index in [1.165, 1.54) is 18.1 Å². The molecule has 144 valence electrons. The molecule has 3 aromatic rings. The molecule has 4 nitrogen and oxygen atoms in total. The molecule has 0 heterocycles. The van der Waals surface area contributed by atoms with Crippen molar-refractivity contribution < 1.29 is 9.53 Å². The number of nitrogens with one attached hydrogen (secondary N) is 2. The smallest absolute Gasteiger partial charge is 0.221 e. The fraction of sp³-hybridized carbons (Fsp3) is 0.174. The Hall–Kier alpha value is -2.82. The maximum absolute atomic E-state index is 11.0. The standard InChI is InChI=1S/C23H23ClN2O2/c1-17(27)26-21-7-11-23(12-8-21)28-22-9-5-18(6-10-22)13-14-25-16-19-3-2-4-20(24)15-19/h2-12,15,25H,13-14,16H2,1H3,(H,26,27). The fourth-order valence-electron chi connectivity index (χ4n) is 2.78. The Balaban J connectivity index is 1.45. The van der Waals surface area contributed by atoms with Gasteiger partial charge in [0.1, 0.15) is 11.5 Å². The molecule has 0 aliphatic rings. The highest BCUT2D eigenvalue weighted by Crippen LogP contribution is 2.23. The highest BCUT2D eigenvalue weighted by molar-refractivity contribution is 6.30. The number of carbonyl (C=O) groups excluding carboxylic acids is 1. The Morgan fingerprint density at radius 1 is 0.929 bits per heavy atom. The monoisotopic (exact) mass is 394 g/mol. The minimum absolute atomic E-state index is 0.0914. The number of ether oxygens (including phenoxy) is 1. The van der Waals surface area contributed by atoms with Gasteiger partial charge >= 0.3 is 0 Å². The zero-order valence-corrected chi connectivity index (χ0v) is 16.5. The molecule has 2 N–H and O–H groups in total. The van der Waals surface area contributed by atoms with E-state index in [1.807, 2.05) is 54.6 Å². The van der Waals surface area contributed by atoms with Crippen LogP contribution in [0, 0.1) is 0 Å². The molecule has 3 rings (SSSR count). The minimum atomic E-state index is -0.0914. The van der Waals surface area contributed by atoms with Crippen molar-refractivity contribution in [2.45, 2.75) is 19.9 Å². The van der Waals surface area contributed by atoms with E-state index in [0.717, 1.165) is 41.7 Å². The normalized spacial score (nSPS) is 10.5. The Kier molecular flexibility index (Phi) is 7.06. The molecule has 28 heavy (non-hydrogen) atoms. The van der Waals surface area contributed by atoms with E-state index < -0.39 is 0 Å². The van der Waals surface area contributed by atoms with Gasteiger partial charge in [0.2, 0.25) is 5.91 Å². The first-order valence-electron chi connectivity index (χ1n) is 9.18. The summed E-state index contributed by atoms with van der Waals surface area (Å²) >= 11 is 6.00. The van der Waals surface area contributed by atoms with Crippen molar-refractivity contribution in [1.29, 1.82) is 0 Å². The second-order valence-electron chi connectivity index (χ2n) is 6.51. The topological polar surface area (TPSA) is 50.4 Å². The number of hydrogen-bond acceptors (Lipinski definition) is 3.